The highest BCUT2D eigenvalue weighted by Gasteiger charge is 2.36. The lowest BCUT2D eigenvalue weighted by molar-refractivity contribution is -0.137. The molecule has 2 N–H and O–H groups in total. The largest absolute Gasteiger partial charge is 0.481 e. The van der Waals surface area contributed by atoms with Crippen molar-refractivity contribution in [2.24, 2.45) is 11.8 Å². The zero-order valence-corrected chi connectivity index (χ0v) is 13.8. The number of carbonyl (C=O) groups is 3. The molecule has 1 aliphatic carbocycles. The molecule has 1 saturated carbocycles. The Morgan fingerprint density at radius 3 is 2.60 bits per heavy atom. The molecule has 25 heavy (non-hydrogen) atoms. The number of hydrogen-bond acceptors (Lipinski definition) is 3. The van der Waals surface area contributed by atoms with E-state index in [4.69, 9.17) is 5.11 Å². The van der Waals surface area contributed by atoms with E-state index in [1.165, 1.54) is 12.1 Å². The van der Waals surface area contributed by atoms with E-state index in [1.54, 1.807) is 4.90 Å². The molecule has 1 saturated heterocycles. The first kappa shape index (κ1) is 17.4. The van der Waals surface area contributed by atoms with Crippen molar-refractivity contribution < 1.29 is 23.9 Å². The molecule has 1 unspecified atom stereocenters. The Hall–Kier alpha value is -2.44. The Balaban J connectivity index is 1.60. The third kappa shape index (κ3) is 4.35. The van der Waals surface area contributed by atoms with Crippen LogP contribution in [0.25, 0.3) is 0 Å². The van der Waals surface area contributed by atoms with Gasteiger partial charge in [-0.15, -0.1) is 0 Å². The number of rotatable bonds is 5. The van der Waals surface area contributed by atoms with Crippen molar-refractivity contribution in [1.82, 2.24) is 4.90 Å². The molecule has 1 atom stereocenters. The van der Waals surface area contributed by atoms with E-state index < -0.39 is 18.2 Å². The quantitative estimate of drug-likeness (QED) is 0.852. The van der Waals surface area contributed by atoms with E-state index in [0.29, 0.717) is 25.2 Å². The molecule has 2 amide bonds. The Kier molecular flexibility index (Phi) is 5.01. The van der Waals surface area contributed by atoms with Gasteiger partial charge in [0, 0.05) is 24.7 Å². The molecular formula is C18H21FN2O4. The average Bonchev–Trinajstić information content (AvgIpc) is 3.41. The summed E-state index contributed by atoms with van der Waals surface area (Å²) in [6, 6.07) is 3.99. The number of amides is 2. The highest BCUT2D eigenvalue weighted by Crippen LogP contribution is 2.32. The maximum absolute atomic E-state index is 13.9. The van der Waals surface area contributed by atoms with Crippen molar-refractivity contribution in [3.63, 3.8) is 0 Å². The number of halogens is 1. The SMILES string of the molecule is O=C(O)Cc1ccc(NC(=O)C2CCCN(C(=O)C3CC3)C2)cc1F. The second kappa shape index (κ2) is 7.21. The number of carbonyl (C=O) groups excluding carboxylic acids is 2. The van der Waals surface area contributed by atoms with Crippen LogP contribution in [-0.4, -0.2) is 40.9 Å². The molecule has 134 valence electrons. The van der Waals surface area contributed by atoms with Crippen LogP contribution in [0.2, 0.25) is 0 Å². The summed E-state index contributed by atoms with van der Waals surface area (Å²) in [4.78, 5) is 37.0. The van der Waals surface area contributed by atoms with E-state index >= 15 is 0 Å². The zero-order valence-electron chi connectivity index (χ0n) is 13.8. The number of anilines is 1. The molecule has 1 aliphatic heterocycles. The summed E-state index contributed by atoms with van der Waals surface area (Å²) >= 11 is 0. The molecule has 1 heterocycles. The molecule has 0 aromatic heterocycles. The number of nitrogens with zero attached hydrogens (tertiary/aromatic N) is 1. The van der Waals surface area contributed by atoms with E-state index in [0.717, 1.165) is 25.3 Å². The van der Waals surface area contributed by atoms with Gasteiger partial charge in [0.1, 0.15) is 5.82 Å². The Morgan fingerprint density at radius 1 is 1.20 bits per heavy atom. The first-order valence-corrected chi connectivity index (χ1v) is 8.54. The number of aliphatic carboxylic acids is 1. The number of nitrogens with one attached hydrogen (secondary N) is 1. The van der Waals surface area contributed by atoms with Gasteiger partial charge in [-0.2, -0.15) is 0 Å². The lowest BCUT2D eigenvalue weighted by Gasteiger charge is -2.32. The Morgan fingerprint density at radius 2 is 1.96 bits per heavy atom. The Labute approximate surface area is 145 Å². The van der Waals surface area contributed by atoms with E-state index in [9.17, 15) is 18.8 Å². The predicted molar refractivity (Wildman–Crippen MR) is 88.4 cm³/mol. The van der Waals surface area contributed by atoms with Gasteiger partial charge in [0.15, 0.2) is 0 Å². The summed E-state index contributed by atoms with van der Waals surface area (Å²) in [6.07, 6.45) is 2.95. The van der Waals surface area contributed by atoms with Crippen LogP contribution in [0, 0.1) is 17.7 Å². The molecule has 2 fully saturated rings. The molecule has 3 rings (SSSR count). The van der Waals surface area contributed by atoms with Gasteiger partial charge >= 0.3 is 5.97 Å². The second-order valence-corrected chi connectivity index (χ2v) is 6.76. The van der Waals surface area contributed by atoms with Crippen LogP contribution in [0.5, 0.6) is 0 Å². The number of likely N-dealkylation sites (tertiary alicyclic amines) is 1. The highest BCUT2D eigenvalue weighted by atomic mass is 19.1. The molecule has 0 spiro atoms. The van der Waals surface area contributed by atoms with Crippen molar-refractivity contribution >= 4 is 23.5 Å². The summed E-state index contributed by atoms with van der Waals surface area (Å²) in [6.45, 7) is 1.10. The molecular weight excluding hydrogens is 327 g/mol. The molecule has 6 nitrogen and oxygen atoms in total. The van der Waals surface area contributed by atoms with E-state index in [2.05, 4.69) is 5.32 Å². The zero-order chi connectivity index (χ0) is 18.0. The van der Waals surface area contributed by atoms with Crippen LogP contribution in [0.3, 0.4) is 0 Å². The van der Waals surface area contributed by atoms with Gasteiger partial charge in [-0.25, -0.2) is 4.39 Å². The highest BCUT2D eigenvalue weighted by molar-refractivity contribution is 5.93. The molecule has 0 bridgehead atoms. The lowest BCUT2D eigenvalue weighted by Crippen LogP contribution is -2.44. The average molecular weight is 348 g/mol. The molecule has 1 aromatic carbocycles. The van der Waals surface area contributed by atoms with Crippen molar-refractivity contribution in [3.8, 4) is 0 Å². The third-order valence-electron chi connectivity index (χ3n) is 4.69. The van der Waals surface area contributed by atoms with Gasteiger partial charge in [-0.3, -0.25) is 14.4 Å². The summed E-state index contributed by atoms with van der Waals surface area (Å²) in [7, 11) is 0. The number of carboxylic acid groups (broad SMARTS) is 1. The monoisotopic (exact) mass is 348 g/mol. The molecule has 1 aromatic rings. The minimum absolute atomic E-state index is 0.0735. The minimum Gasteiger partial charge on any atom is -0.481 e. The van der Waals surface area contributed by atoms with Crippen molar-refractivity contribution in [1.29, 1.82) is 0 Å². The fourth-order valence-corrected chi connectivity index (χ4v) is 3.16. The first-order chi connectivity index (χ1) is 11.9. The summed E-state index contributed by atoms with van der Waals surface area (Å²) in [5, 5.41) is 11.4. The fraction of sp³-hybridized carbons (Fsp3) is 0.500. The third-order valence-corrected chi connectivity index (χ3v) is 4.69. The van der Waals surface area contributed by atoms with Crippen LogP contribution in [0.4, 0.5) is 10.1 Å². The maximum atomic E-state index is 13.9. The minimum atomic E-state index is -1.11. The summed E-state index contributed by atoms with van der Waals surface area (Å²) in [5.74, 6) is -2.04. The number of hydrogen-bond donors (Lipinski definition) is 2. The topological polar surface area (TPSA) is 86.7 Å². The van der Waals surface area contributed by atoms with Crippen LogP contribution >= 0.6 is 0 Å². The van der Waals surface area contributed by atoms with Gasteiger partial charge in [0.05, 0.1) is 12.3 Å². The summed E-state index contributed by atoms with van der Waals surface area (Å²) in [5.41, 5.74) is 0.367. The van der Waals surface area contributed by atoms with Crippen LogP contribution in [0.15, 0.2) is 18.2 Å². The fourth-order valence-electron chi connectivity index (χ4n) is 3.16. The van der Waals surface area contributed by atoms with Crippen molar-refractivity contribution in [2.45, 2.75) is 32.1 Å². The van der Waals surface area contributed by atoms with Crippen LogP contribution in [0.1, 0.15) is 31.2 Å². The number of carboxylic acids is 1. The number of benzene rings is 1. The van der Waals surface area contributed by atoms with Gasteiger partial charge < -0.3 is 15.3 Å². The normalized spacial score (nSPS) is 20.2. The predicted octanol–water partition coefficient (Wildman–Crippen LogP) is 2.04. The van der Waals surface area contributed by atoms with Gasteiger partial charge in [-0.05, 0) is 43.4 Å². The summed E-state index contributed by atoms with van der Waals surface area (Å²) < 4.78 is 13.9. The first-order valence-electron chi connectivity index (χ1n) is 8.54. The van der Waals surface area contributed by atoms with Gasteiger partial charge in [0.25, 0.3) is 0 Å². The van der Waals surface area contributed by atoms with Crippen molar-refractivity contribution in [2.75, 3.05) is 18.4 Å². The van der Waals surface area contributed by atoms with E-state index in [-0.39, 0.29) is 29.2 Å². The molecule has 7 heteroatoms. The van der Waals surface area contributed by atoms with E-state index in [1.807, 2.05) is 0 Å². The van der Waals surface area contributed by atoms with Crippen LogP contribution in [-0.2, 0) is 20.8 Å². The Bertz CT molecular complexity index is 702. The standard InChI is InChI=1S/C18H21FN2O4/c19-15-9-14(6-5-12(15)8-16(22)23)20-17(24)13-2-1-7-21(10-13)18(25)11-3-4-11/h5-6,9,11,13H,1-4,7-8,10H2,(H,20,24)(H,22,23). The molecule has 0 radical (unpaired) electrons. The van der Waals surface area contributed by atoms with Gasteiger partial charge in [-0.1, -0.05) is 6.07 Å². The lowest BCUT2D eigenvalue weighted by atomic mass is 9.96. The maximum Gasteiger partial charge on any atom is 0.307 e. The number of piperidine rings is 1. The van der Waals surface area contributed by atoms with Gasteiger partial charge in [0.2, 0.25) is 11.8 Å². The smallest absolute Gasteiger partial charge is 0.307 e. The van der Waals surface area contributed by atoms with Crippen LogP contribution < -0.4 is 5.32 Å². The second-order valence-electron chi connectivity index (χ2n) is 6.76. The van der Waals surface area contributed by atoms with Crippen molar-refractivity contribution in [3.05, 3.63) is 29.6 Å². The molecule has 2 aliphatic rings.